The lowest BCUT2D eigenvalue weighted by Crippen LogP contribution is -1.79. The quantitative estimate of drug-likeness (QED) is 0.446. The first-order valence-electron chi connectivity index (χ1n) is 2.03. The minimum absolute atomic E-state index is 0.532. The van der Waals surface area contributed by atoms with Crippen LogP contribution in [0.15, 0.2) is 4.99 Å². The summed E-state index contributed by atoms with van der Waals surface area (Å²) in [6.07, 6.45) is 1.97. The minimum atomic E-state index is 0.532. The molecule has 0 radical (unpaired) electrons. The van der Waals surface area contributed by atoms with Crippen molar-refractivity contribution in [2.24, 2.45) is 4.99 Å². The lowest BCUT2D eigenvalue weighted by molar-refractivity contribution is 1.07. The summed E-state index contributed by atoms with van der Waals surface area (Å²) in [5.41, 5.74) is 0. The van der Waals surface area contributed by atoms with E-state index in [4.69, 9.17) is 0 Å². The molecule has 0 unspecified atom stereocenters. The van der Waals surface area contributed by atoms with Gasteiger partial charge in [0.1, 0.15) is 0 Å². The van der Waals surface area contributed by atoms with E-state index in [1.807, 2.05) is 18.0 Å². The Labute approximate surface area is 41.8 Å². The Morgan fingerprint density at radius 1 is 2.00 bits per heavy atom. The summed E-state index contributed by atoms with van der Waals surface area (Å²) >= 11 is 1.87. The summed E-state index contributed by atoms with van der Waals surface area (Å²) in [5, 5.41) is 0.532. The predicted octanol–water partition coefficient (Wildman–Crippen LogP) is 1.15. The molecule has 2 heteroatoms. The number of rotatable bonds is 0. The molecule has 0 bridgehead atoms. The molecule has 0 aromatic rings. The number of thioether (sulfide) groups is 1. The molecule has 34 valence electrons. The first-order chi connectivity index (χ1) is 2.89. The van der Waals surface area contributed by atoms with Crippen molar-refractivity contribution in [1.82, 2.24) is 0 Å². The van der Waals surface area contributed by atoms with Crippen LogP contribution in [0.3, 0.4) is 0 Å². The molecule has 1 nitrogen and oxygen atoms in total. The van der Waals surface area contributed by atoms with Crippen molar-refractivity contribution in [3.05, 3.63) is 0 Å². The molecule has 1 rings (SSSR count). The van der Waals surface area contributed by atoms with Gasteiger partial charge in [-0.1, -0.05) is 0 Å². The fourth-order valence-corrected chi connectivity index (χ4v) is 1.04. The van der Waals surface area contributed by atoms with E-state index in [2.05, 4.69) is 11.9 Å². The highest BCUT2D eigenvalue weighted by atomic mass is 32.2. The second-order valence-electron chi connectivity index (χ2n) is 1.26. The Morgan fingerprint density at radius 2 is 2.83 bits per heavy atom. The van der Waals surface area contributed by atoms with Gasteiger partial charge in [-0.3, -0.25) is 4.99 Å². The largest absolute Gasteiger partial charge is 0.283 e. The fraction of sp³-hybridized carbons (Fsp3) is 0.750. The Kier molecular flexibility index (Phi) is 1.15. The van der Waals surface area contributed by atoms with E-state index in [1.165, 1.54) is 0 Å². The molecule has 0 N–H and O–H groups in total. The second-order valence-corrected chi connectivity index (χ2v) is 2.61. The van der Waals surface area contributed by atoms with Gasteiger partial charge in [0.25, 0.3) is 0 Å². The highest BCUT2D eigenvalue weighted by molar-refractivity contribution is 8.00. The maximum atomic E-state index is 4.07. The molecule has 0 amide bonds. The van der Waals surface area contributed by atoms with Gasteiger partial charge in [0.15, 0.2) is 0 Å². The lowest BCUT2D eigenvalue weighted by atomic mass is 10.8. The smallest absolute Gasteiger partial charge is 0.0923 e. The average molecular weight is 101 g/mol. The first kappa shape index (κ1) is 4.19. The van der Waals surface area contributed by atoms with Crippen molar-refractivity contribution >= 4 is 18.0 Å². The normalized spacial score (nSPS) is 31.8. The van der Waals surface area contributed by atoms with Crippen LogP contribution in [0.4, 0.5) is 0 Å². The summed E-state index contributed by atoms with van der Waals surface area (Å²) in [6.45, 7) is 2.11. The van der Waals surface area contributed by atoms with Crippen LogP contribution in [0.25, 0.3) is 0 Å². The fourth-order valence-electron chi connectivity index (χ4n) is 0.417. The molecule has 0 saturated heterocycles. The topological polar surface area (TPSA) is 12.4 Å². The summed E-state index contributed by atoms with van der Waals surface area (Å²) in [5.74, 6) is 1.11. The summed E-state index contributed by atoms with van der Waals surface area (Å²) in [7, 11) is 0. The van der Waals surface area contributed by atoms with E-state index < -0.39 is 0 Å². The third-order valence-corrected chi connectivity index (χ3v) is 1.67. The van der Waals surface area contributed by atoms with Gasteiger partial charge in [0, 0.05) is 12.0 Å². The molecule has 6 heavy (non-hydrogen) atoms. The van der Waals surface area contributed by atoms with Gasteiger partial charge in [-0.25, -0.2) is 0 Å². The van der Waals surface area contributed by atoms with Crippen LogP contribution in [0.2, 0.25) is 0 Å². The summed E-state index contributed by atoms with van der Waals surface area (Å²) in [4.78, 5) is 4.07. The van der Waals surface area contributed by atoms with Crippen molar-refractivity contribution in [3.63, 3.8) is 0 Å². The van der Waals surface area contributed by atoms with E-state index in [9.17, 15) is 0 Å². The summed E-state index contributed by atoms with van der Waals surface area (Å²) in [6, 6.07) is 0. The van der Waals surface area contributed by atoms with Crippen LogP contribution in [0.1, 0.15) is 6.92 Å². The van der Waals surface area contributed by atoms with Gasteiger partial charge < -0.3 is 0 Å². The molecule has 0 aliphatic carbocycles. The Bertz CT molecular complexity index is 69.9. The van der Waals surface area contributed by atoms with Crippen LogP contribution in [-0.2, 0) is 0 Å². The minimum Gasteiger partial charge on any atom is -0.283 e. The average Bonchev–Trinajstić information content (AvgIpc) is 1.86. The van der Waals surface area contributed by atoms with Crippen molar-refractivity contribution in [1.29, 1.82) is 0 Å². The molecule has 0 spiro atoms. The number of nitrogens with zero attached hydrogens (tertiary/aromatic N) is 1. The maximum absolute atomic E-state index is 4.07. The standard InChI is InChI=1S/C4H7NS/c1-4-5-2-3-6-4/h2,4H,3H2,1H3/t4-/m1/s1. The second kappa shape index (κ2) is 1.65. The molecule has 1 aliphatic rings. The number of aliphatic imine (C=N–C) groups is 1. The zero-order valence-corrected chi connectivity index (χ0v) is 4.53. The Hall–Kier alpha value is 0.0200. The third kappa shape index (κ3) is 0.744. The van der Waals surface area contributed by atoms with Crippen LogP contribution < -0.4 is 0 Å². The molecule has 0 aromatic heterocycles. The first-order valence-corrected chi connectivity index (χ1v) is 3.08. The Balaban J connectivity index is 2.38. The molecule has 0 fully saturated rings. The van der Waals surface area contributed by atoms with Crippen molar-refractivity contribution in [2.45, 2.75) is 12.3 Å². The van der Waals surface area contributed by atoms with Gasteiger partial charge in [-0.2, -0.15) is 0 Å². The monoisotopic (exact) mass is 101 g/mol. The van der Waals surface area contributed by atoms with E-state index in [1.54, 1.807) is 0 Å². The zero-order chi connectivity index (χ0) is 4.41. The van der Waals surface area contributed by atoms with Gasteiger partial charge in [0.05, 0.1) is 5.37 Å². The third-order valence-electron chi connectivity index (χ3n) is 0.727. The molecule has 1 aliphatic heterocycles. The van der Waals surface area contributed by atoms with Gasteiger partial charge in [0.2, 0.25) is 0 Å². The van der Waals surface area contributed by atoms with Crippen LogP contribution in [0, 0.1) is 0 Å². The van der Waals surface area contributed by atoms with E-state index in [-0.39, 0.29) is 0 Å². The van der Waals surface area contributed by atoms with Gasteiger partial charge >= 0.3 is 0 Å². The number of hydrogen-bond donors (Lipinski definition) is 0. The molecular weight excluding hydrogens is 94.1 g/mol. The highest BCUT2D eigenvalue weighted by Gasteiger charge is 2.00. The zero-order valence-electron chi connectivity index (χ0n) is 3.72. The summed E-state index contributed by atoms with van der Waals surface area (Å²) < 4.78 is 0. The van der Waals surface area contributed by atoms with E-state index >= 15 is 0 Å². The molecule has 0 aromatic carbocycles. The van der Waals surface area contributed by atoms with Gasteiger partial charge in [-0.05, 0) is 6.92 Å². The van der Waals surface area contributed by atoms with E-state index in [0.717, 1.165) is 5.75 Å². The molecule has 0 saturated carbocycles. The number of hydrogen-bond acceptors (Lipinski definition) is 2. The van der Waals surface area contributed by atoms with Crippen molar-refractivity contribution in [2.75, 3.05) is 5.75 Å². The highest BCUT2D eigenvalue weighted by Crippen LogP contribution is 2.14. The van der Waals surface area contributed by atoms with Gasteiger partial charge in [-0.15, -0.1) is 11.8 Å². The lowest BCUT2D eigenvalue weighted by Gasteiger charge is -1.88. The predicted molar refractivity (Wildman–Crippen MR) is 30.4 cm³/mol. The van der Waals surface area contributed by atoms with Crippen LogP contribution in [-0.4, -0.2) is 17.3 Å². The molecular formula is C4H7NS. The van der Waals surface area contributed by atoms with Crippen molar-refractivity contribution in [3.8, 4) is 0 Å². The van der Waals surface area contributed by atoms with E-state index in [0.29, 0.717) is 5.37 Å². The molecule has 1 atom stereocenters. The van der Waals surface area contributed by atoms with Crippen LogP contribution >= 0.6 is 11.8 Å². The van der Waals surface area contributed by atoms with Crippen LogP contribution in [0.5, 0.6) is 0 Å². The van der Waals surface area contributed by atoms with Crippen molar-refractivity contribution < 1.29 is 0 Å². The molecule has 1 heterocycles. The Morgan fingerprint density at radius 3 is 3.00 bits per heavy atom. The SMILES string of the molecule is C[C@@H]1N=CCS1. The maximum Gasteiger partial charge on any atom is 0.0923 e.